The Hall–Kier alpha value is -0.713. The van der Waals surface area contributed by atoms with Crippen molar-refractivity contribution in [3.8, 4) is 11.5 Å². The molecule has 1 aromatic rings. The molecule has 25 heavy (non-hydrogen) atoms. The molecule has 2 aliphatic carbocycles. The Morgan fingerprint density at radius 2 is 1.84 bits per heavy atom. The third-order valence-electron chi connectivity index (χ3n) is 6.48. The third kappa shape index (κ3) is 4.17. The molecule has 3 rings (SSSR count). The van der Waals surface area contributed by atoms with E-state index in [9.17, 15) is 5.11 Å². The van der Waals surface area contributed by atoms with Crippen LogP contribution in [0.25, 0.3) is 0 Å². The number of phenolic OH excluding ortho intramolecular Hbond substituents is 1. The van der Waals surface area contributed by atoms with E-state index in [1.807, 2.05) is 0 Å². The molecule has 0 saturated heterocycles. The lowest BCUT2D eigenvalue weighted by Gasteiger charge is -2.39. The van der Waals surface area contributed by atoms with Gasteiger partial charge in [-0.25, -0.2) is 0 Å². The minimum absolute atomic E-state index is 0.156. The van der Waals surface area contributed by atoms with Crippen LogP contribution in [0.5, 0.6) is 11.5 Å². The van der Waals surface area contributed by atoms with Gasteiger partial charge < -0.3 is 14.3 Å². The predicted molar refractivity (Wildman–Crippen MR) is 105 cm³/mol. The maximum atomic E-state index is 9.79. The van der Waals surface area contributed by atoms with Crippen molar-refractivity contribution in [1.82, 2.24) is 0 Å². The molecule has 2 unspecified atom stereocenters. The smallest absolute Gasteiger partial charge is 0.192 e. The number of hydrogen-bond donors (Lipinski definition) is 1. The van der Waals surface area contributed by atoms with Gasteiger partial charge in [0.25, 0.3) is 0 Å². The minimum Gasteiger partial charge on any atom is -0.504 e. The third-order valence-corrected chi connectivity index (χ3v) is 11.2. The van der Waals surface area contributed by atoms with Gasteiger partial charge in [-0.15, -0.1) is 0 Å². The van der Waals surface area contributed by atoms with Gasteiger partial charge in [-0.05, 0) is 67.3 Å². The van der Waals surface area contributed by atoms with Gasteiger partial charge in [0, 0.05) is 17.2 Å². The number of fused-ring (bicyclic) bond motifs is 1. The van der Waals surface area contributed by atoms with Crippen molar-refractivity contribution in [1.29, 1.82) is 0 Å². The molecule has 2 fully saturated rings. The minimum atomic E-state index is -1.65. The number of phenols is 1. The normalized spacial score (nSPS) is 28.7. The van der Waals surface area contributed by atoms with E-state index < -0.39 is 8.32 Å². The molecule has 0 aliphatic heterocycles. The highest BCUT2D eigenvalue weighted by Crippen LogP contribution is 2.60. The van der Waals surface area contributed by atoms with E-state index in [4.69, 9.17) is 20.8 Å². The van der Waals surface area contributed by atoms with Crippen LogP contribution in [-0.4, -0.2) is 26.1 Å². The van der Waals surface area contributed by atoms with Gasteiger partial charge in [0.1, 0.15) is 0 Å². The molecular formula is C20H31ClO3Si. The van der Waals surface area contributed by atoms with Crippen molar-refractivity contribution in [3.63, 3.8) is 0 Å². The van der Waals surface area contributed by atoms with E-state index in [0.717, 1.165) is 24.2 Å². The zero-order valence-electron chi connectivity index (χ0n) is 16.0. The highest BCUT2D eigenvalue weighted by atomic mass is 35.5. The second kappa shape index (κ2) is 6.79. The van der Waals surface area contributed by atoms with Crippen LogP contribution in [0, 0.1) is 17.8 Å². The molecule has 0 amide bonds. The highest BCUT2D eigenvalue weighted by molar-refractivity contribution is 6.74. The van der Waals surface area contributed by atoms with E-state index in [0.29, 0.717) is 23.5 Å². The second-order valence-corrected chi connectivity index (χ2v) is 14.4. The van der Waals surface area contributed by atoms with Crippen molar-refractivity contribution >= 4 is 19.9 Å². The summed E-state index contributed by atoms with van der Waals surface area (Å²) in [5, 5.41) is 10.7. The maximum absolute atomic E-state index is 9.79. The van der Waals surface area contributed by atoms with E-state index in [1.165, 1.54) is 12.8 Å². The first-order chi connectivity index (χ1) is 11.6. The van der Waals surface area contributed by atoms with Crippen LogP contribution in [0.4, 0.5) is 0 Å². The zero-order valence-corrected chi connectivity index (χ0v) is 17.8. The van der Waals surface area contributed by atoms with Gasteiger partial charge in [0.05, 0.1) is 6.61 Å². The van der Waals surface area contributed by atoms with Crippen LogP contribution in [0.1, 0.15) is 40.0 Å². The van der Waals surface area contributed by atoms with E-state index in [1.54, 1.807) is 18.2 Å². The molecule has 2 saturated carbocycles. The second-order valence-electron chi connectivity index (χ2n) is 9.21. The number of benzene rings is 1. The number of ether oxygens (including phenoxy) is 1. The summed E-state index contributed by atoms with van der Waals surface area (Å²) in [5.74, 6) is 3.03. The molecule has 0 heterocycles. The Bertz CT molecular complexity index is 614. The topological polar surface area (TPSA) is 38.7 Å². The summed E-state index contributed by atoms with van der Waals surface area (Å²) in [4.78, 5) is 0. The Balaban J connectivity index is 1.41. The lowest BCUT2D eigenvalue weighted by molar-refractivity contribution is 0.163. The Kier molecular flexibility index (Phi) is 5.17. The van der Waals surface area contributed by atoms with Gasteiger partial charge >= 0.3 is 0 Å². The molecule has 0 aromatic heterocycles. The average molecular weight is 383 g/mol. The van der Waals surface area contributed by atoms with Crippen molar-refractivity contribution in [2.75, 3.05) is 6.61 Å². The lowest BCUT2D eigenvalue weighted by Crippen LogP contribution is -2.43. The van der Waals surface area contributed by atoms with Gasteiger partial charge in [-0.1, -0.05) is 32.4 Å². The average Bonchev–Trinajstić information content (AvgIpc) is 2.94. The molecule has 1 N–H and O–H groups in total. The van der Waals surface area contributed by atoms with Crippen LogP contribution in [-0.2, 0) is 4.43 Å². The van der Waals surface area contributed by atoms with Crippen LogP contribution in [0.3, 0.4) is 0 Å². The van der Waals surface area contributed by atoms with Crippen LogP contribution in [0.2, 0.25) is 23.2 Å². The fourth-order valence-electron chi connectivity index (χ4n) is 3.95. The first-order valence-electron chi connectivity index (χ1n) is 9.37. The molecule has 0 bridgehead atoms. The fourth-order valence-corrected chi connectivity index (χ4v) is 5.49. The Labute approximate surface area is 157 Å². The van der Waals surface area contributed by atoms with Crippen molar-refractivity contribution in [2.45, 2.75) is 64.3 Å². The highest BCUT2D eigenvalue weighted by Gasteiger charge is 2.56. The molecular weight excluding hydrogens is 352 g/mol. The summed E-state index contributed by atoms with van der Waals surface area (Å²) in [5.41, 5.74) is 0. The molecule has 2 atom stereocenters. The van der Waals surface area contributed by atoms with Crippen LogP contribution >= 0.6 is 11.6 Å². The molecule has 1 aromatic carbocycles. The van der Waals surface area contributed by atoms with Gasteiger partial charge in [0.2, 0.25) is 0 Å². The lowest BCUT2D eigenvalue weighted by atomic mass is 10.1. The number of halogens is 1. The van der Waals surface area contributed by atoms with E-state index in [2.05, 4.69) is 33.9 Å². The summed E-state index contributed by atoms with van der Waals surface area (Å²) in [6, 6.07) is 4.91. The monoisotopic (exact) mass is 382 g/mol. The Morgan fingerprint density at radius 3 is 2.44 bits per heavy atom. The SMILES string of the molecule is CC(C)(C)[Si](C)(C)OC1CC2C(CCOc3cc(Cl)ccc3O)C2C1. The van der Waals surface area contributed by atoms with Crippen molar-refractivity contribution < 1.29 is 14.3 Å². The fraction of sp³-hybridized carbons (Fsp3) is 0.700. The Morgan fingerprint density at radius 1 is 1.20 bits per heavy atom. The summed E-state index contributed by atoms with van der Waals surface area (Å²) >= 11 is 5.95. The molecule has 140 valence electrons. The van der Waals surface area contributed by atoms with Crippen LogP contribution < -0.4 is 4.74 Å². The summed E-state index contributed by atoms with van der Waals surface area (Å²) in [7, 11) is -1.65. The molecule has 0 spiro atoms. The first kappa shape index (κ1) is 19.1. The standard InChI is InChI=1S/C20H31ClO3Si/c1-20(2,3)25(4,5)24-14-11-16-15(17(16)12-14)8-9-23-19-10-13(21)6-7-18(19)22/h6-7,10,14-17,22H,8-9,11-12H2,1-5H3. The number of aromatic hydroxyl groups is 1. The molecule has 0 radical (unpaired) electrons. The maximum Gasteiger partial charge on any atom is 0.192 e. The molecule has 3 nitrogen and oxygen atoms in total. The van der Waals surface area contributed by atoms with Crippen molar-refractivity contribution in [2.24, 2.45) is 17.8 Å². The zero-order chi connectivity index (χ0) is 18.4. The summed E-state index contributed by atoms with van der Waals surface area (Å²) in [6.45, 7) is 12.2. The summed E-state index contributed by atoms with van der Waals surface area (Å²) in [6.07, 6.45) is 3.94. The van der Waals surface area contributed by atoms with Crippen LogP contribution in [0.15, 0.2) is 18.2 Å². The quantitative estimate of drug-likeness (QED) is 0.626. The van der Waals surface area contributed by atoms with Crippen molar-refractivity contribution in [3.05, 3.63) is 23.2 Å². The van der Waals surface area contributed by atoms with E-state index in [-0.39, 0.29) is 10.8 Å². The van der Waals surface area contributed by atoms with E-state index >= 15 is 0 Å². The number of rotatable bonds is 6. The largest absolute Gasteiger partial charge is 0.504 e. The van der Waals surface area contributed by atoms with Gasteiger partial charge in [0.15, 0.2) is 19.8 Å². The number of hydrogen-bond acceptors (Lipinski definition) is 3. The first-order valence-corrected chi connectivity index (χ1v) is 12.7. The molecule has 2 aliphatic rings. The van der Waals surface area contributed by atoms with Gasteiger partial charge in [-0.3, -0.25) is 0 Å². The molecule has 5 heteroatoms. The summed E-state index contributed by atoms with van der Waals surface area (Å²) < 4.78 is 12.3. The predicted octanol–water partition coefficient (Wildman–Crippen LogP) is 5.86. The van der Waals surface area contributed by atoms with Gasteiger partial charge in [-0.2, -0.15) is 0 Å².